The lowest BCUT2D eigenvalue weighted by Crippen LogP contribution is -2.46. The van der Waals surface area contributed by atoms with E-state index in [1.54, 1.807) is 0 Å². The van der Waals surface area contributed by atoms with Crippen molar-refractivity contribution in [3.8, 4) is 0 Å². The first kappa shape index (κ1) is 8.72. The Hall–Kier alpha value is -0.870. The molecule has 1 unspecified atom stereocenters. The van der Waals surface area contributed by atoms with Crippen molar-refractivity contribution < 1.29 is 0 Å². The van der Waals surface area contributed by atoms with Crippen molar-refractivity contribution in [2.75, 3.05) is 20.1 Å². The first-order valence-electron chi connectivity index (χ1n) is 4.66. The third kappa shape index (κ3) is 1.47. The number of aromatic nitrogens is 2. The van der Waals surface area contributed by atoms with E-state index in [9.17, 15) is 0 Å². The molecule has 0 bridgehead atoms. The van der Waals surface area contributed by atoms with Crippen LogP contribution in [0.5, 0.6) is 0 Å². The quantitative estimate of drug-likeness (QED) is 0.716. The highest BCUT2D eigenvalue weighted by atomic mass is 15.4. The molecule has 1 fully saturated rings. The van der Waals surface area contributed by atoms with E-state index in [1.165, 1.54) is 0 Å². The summed E-state index contributed by atoms with van der Waals surface area (Å²) < 4.78 is 2.06. The molecule has 0 aliphatic carbocycles. The van der Waals surface area contributed by atoms with Gasteiger partial charge < -0.3 is 10.6 Å². The van der Waals surface area contributed by atoms with Gasteiger partial charge in [-0.3, -0.25) is 4.68 Å². The Morgan fingerprint density at radius 1 is 1.62 bits per heavy atom. The number of hydrogen-bond acceptors (Lipinski definition) is 3. The van der Waals surface area contributed by atoms with Gasteiger partial charge in [0.15, 0.2) is 0 Å². The van der Waals surface area contributed by atoms with Crippen LogP contribution < -0.4 is 5.73 Å². The average molecular weight is 180 g/mol. The highest BCUT2D eigenvalue weighted by Crippen LogP contribution is 2.22. The van der Waals surface area contributed by atoms with Gasteiger partial charge in [0.05, 0.1) is 11.7 Å². The minimum atomic E-state index is 0.0772. The van der Waals surface area contributed by atoms with Crippen LogP contribution in [0.2, 0.25) is 0 Å². The standard InChI is InChI=1S/C9H16N4/c1-7(10)9-3-4-11-13(9)8-5-12(2)6-8/h3-4,7-8H,5-6,10H2,1-2H3. The van der Waals surface area contributed by atoms with Crippen LogP contribution in [0.25, 0.3) is 0 Å². The van der Waals surface area contributed by atoms with Crippen LogP contribution >= 0.6 is 0 Å². The molecule has 72 valence electrons. The number of nitrogens with zero attached hydrogens (tertiary/aromatic N) is 3. The van der Waals surface area contributed by atoms with E-state index in [4.69, 9.17) is 5.73 Å². The molecule has 0 radical (unpaired) electrons. The maximum Gasteiger partial charge on any atom is 0.0776 e. The van der Waals surface area contributed by atoms with E-state index in [0.717, 1.165) is 18.8 Å². The number of rotatable bonds is 2. The Kier molecular flexibility index (Phi) is 2.09. The van der Waals surface area contributed by atoms with Crippen molar-refractivity contribution in [3.63, 3.8) is 0 Å². The lowest BCUT2D eigenvalue weighted by Gasteiger charge is -2.37. The summed E-state index contributed by atoms with van der Waals surface area (Å²) in [5.41, 5.74) is 6.97. The van der Waals surface area contributed by atoms with Gasteiger partial charge in [-0.05, 0) is 20.0 Å². The van der Waals surface area contributed by atoms with Crippen LogP contribution in [-0.2, 0) is 0 Å². The van der Waals surface area contributed by atoms with E-state index in [0.29, 0.717) is 6.04 Å². The van der Waals surface area contributed by atoms with Gasteiger partial charge in [0.25, 0.3) is 0 Å². The Morgan fingerprint density at radius 3 is 2.85 bits per heavy atom. The minimum absolute atomic E-state index is 0.0772. The summed E-state index contributed by atoms with van der Waals surface area (Å²) in [7, 11) is 2.12. The molecule has 4 heteroatoms. The predicted molar refractivity (Wildman–Crippen MR) is 51.4 cm³/mol. The monoisotopic (exact) mass is 180 g/mol. The second-order valence-corrected chi connectivity index (χ2v) is 3.86. The molecular weight excluding hydrogens is 164 g/mol. The van der Waals surface area contributed by atoms with Gasteiger partial charge in [-0.1, -0.05) is 0 Å². The van der Waals surface area contributed by atoms with Gasteiger partial charge in [-0.25, -0.2) is 0 Å². The topological polar surface area (TPSA) is 47.1 Å². The molecular formula is C9H16N4. The maximum atomic E-state index is 5.84. The summed E-state index contributed by atoms with van der Waals surface area (Å²) in [6.07, 6.45) is 1.83. The Morgan fingerprint density at radius 2 is 2.31 bits per heavy atom. The number of likely N-dealkylation sites (N-methyl/N-ethyl adjacent to an activating group) is 1. The van der Waals surface area contributed by atoms with Gasteiger partial charge in [0, 0.05) is 25.3 Å². The van der Waals surface area contributed by atoms with Gasteiger partial charge in [0.1, 0.15) is 0 Å². The van der Waals surface area contributed by atoms with Crippen molar-refractivity contribution >= 4 is 0 Å². The summed E-state index contributed by atoms with van der Waals surface area (Å²) in [5.74, 6) is 0. The lowest BCUT2D eigenvalue weighted by atomic mass is 10.1. The zero-order chi connectivity index (χ0) is 9.42. The molecule has 4 nitrogen and oxygen atoms in total. The average Bonchev–Trinajstić information content (AvgIpc) is 2.45. The zero-order valence-electron chi connectivity index (χ0n) is 8.14. The molecule has 2 rings (SSSR count). The van der Waals surface area contributed by atoms with Crippen LogP contribution in [0.1, 0.15) is 24.7 Å². The number of hydrogen-bond donors (Lipinski definition) is 1. The largest absolute Gasteiger partial charge is 0.323 e. The molecule has 0 saturated carbocycles. The molecule has 2 heterocycles. The van der Waals surface area contributed by atoms with Crippen LogP contribution in [0, 0.1) is 0 Å². The van der Waals surface area contributed by atoms with Crippen LogP contribution in [0.4, 0.5) is 0 Å². The van der Waals surface area contributed by atoms with Crippen molar-refractivity contribution in [2.24, 2.45) is 5.73 Å². The van der Waals surface area contributed by atoms with Crippen LogP contribution in [0.3, 0.4) is 0 Å². The third-order valence-corrected chi connectivity index (χ3v) is 2.56. The molecule has 1 aromatic heterocycles. The van der Waals surface area contributed by atoms with Crippen molar-refractivity contribution in [1.82, 2.24) is 14.7 Å². The maximum absolute atomic E-state index is 5.84. The van der Waals surface area contributed by atoms with Crippen molar-refractivity contribution in [1.29, 1.82) is 0 Å². The summed E-state index contributed by atoms with van der Waals surface area (Å²) >= 11 is 0. The second-order valence-electron chi connectivity index (χ2n) is 3.86. The summed E-state index contributed by atoms with van der Waals surface area (Å²) in [4.78, 5) is 2.28. The minimum Gasteiger partial charge on any atom is -0.323 e. The highest BCUT2D eigenvalue weighted by molar-refractivity contribution is 5.07. The highest BCUT2D eigenvalue weighted by Gasteiger charge is 2.27. The first-order chi connectivity index (χ1) is 6.18. The van der Waals surface area contributed by atoms with E-state index < -0.39 is 0 Å². The third-order valence-electron chi connectivity index (χ3n) is 2.56. The molecule has 1 saturated heterocycles. The molecule has 1 aliphatic rings. The van der Waals surface area contributed by atoms with Gasteiger partial charge in [-0.15, -0.1) is 0 Å². The molecule has 0 amide bonds. The molecule has 0 aromatic carbocycles. The first-order valence-corrected chi connectivity index (χ1v) is 4.66. The second kappa shape index (κ2) is 3.12. The fraction of sp³-hybridized carbons (Fsp3) is 0.667. The fourth-order valence-electron chi connectivity index (χ4n) is 1.81. The lowest BCUT2D eigenvalue weighted by molar-refractivity contribution is 0.127. The predicted octanol–water partition coefficient (Wildman–Crippen LogP) is 0.389. The van der Waals surface area contributed by atoms with Crippen molar-refractivity contribution in [3.05, 3.63) is 18.0 Å². The summed E-state index contributed by atoms with van der Waals surface area (Å²) in [5, 5.41) is 4.30. The van der Waals surface area contributed by atoms with E-state index in [1.807, 2.05) is 19.2 Å². The Bertz CT molecular complexity index is 286. The fourth-order valence-corrected chi connectivity index (χ4v) is 1.81. The Balaban J connectivity index is 2.16. The molecule has 2 N–H and O–H groups in total. The smallest absolute Gasteiger partial charge is 0.0776 e. The molecule has 1 aliphatic heterocycles. The molecule has 1 aromatic rings. The summed E-state index contributed by atoms with van der Waals surface area (Å²) in [6.45, 7) is 4.17. The molecule has 1 atom stereocenters. The molecule has 0 spiro atoms. The van der Waals surface area contributed by atoms with E-state index in [2.05, 4.69) is 21.7 Å². The number of likely N-dealkylation sites (tertiary alicyclic amines) is 1. The number of nitrogens with two attached hydrogens (primary N) is 1. The van der Waals surface area contributed by atoms with E-state index in [-0.39, 0.29) is 6.04 Å². The van der Waals surface area contributed by atoms with Gasteiger partial charge in [0.2, 0.25) is 0 Å². The van der Waals surface area contributed by atoms with E-state index >= 15 is 0 Å². The zero-order valence-corrected chi connectivity index (χ0v) is 8.14. The van der Waals surface area contributed by atoms with Crippen LogP contribution in [0.15, 0.2) is 12.3 Å². The van der Waals surface area contributed by atoms with Gasteiger partial charge >= 0.3 is 0 Å². The van der Waals surface area contributed by atoms with Crippen molar-refractivity contribution in [2.45, 2.75) is 19.0 Å². The van der Waals surface area contributed by atoms with Crippen LogP contribution in [-0.4, -0.2) is 34.8 Å². The SMILES string of the molecule is CC(N)c1ccnn1C1CN(C)C1. The normalized spacial score (nSPS) is 21.5. The van der Waals surface area contributed by atoms with Gasteiger partial charge in [-0.2, -0.15) is 5.10 Å². The Labute approximate surface area is 78.3 Å². The molecule has 13 heavy (non-hydrogen) atoms. The summed E-state index contributed by atoms with van der Waals surface area (Å²) in [6, 6.07) is 2.61.